The fourth-order valence-electron chi connectivity index (χ4n) is 2.64. The van der Waals surface area contributed by atoms with Gasteiger partial charge in [-0.1, -0.05) is 24.3 Å². The molecule has 0 bridgehead atoms. The first kappa shape index (κ1) is 19.1. The van der Waals surface area contributed by atoms with E-state index < -0.39 is 10.0 Å². The SMILES string of the molecule is COc1ccc(C)cc1S(=O)(=O)NCCc1nnc(-c2ccccc2C)o1. The molecule has 8 heteroatoms. The molecule has 0 atom stereocenters. The van der Waals surface area contributed by atoms with Crippen LogP contribution in [-0.2, 0) is 16.4 Å². The molecule has 7 nitrogen and oxygen atoms in total. The standard InChI is InChI=1S/C19H21N3O4S/c1-13-8-9-16(25-3)17(12-13)27(23,24)20-11-10-18-21-22-19(26-18)15-7-5-4-6-14(15)2/h4-9,12,20H,10-11H2,1-3H3. The van der Waals surface area contributed by atoms with Crippen molar-refractivity contribution in [1.29, 1.82) is 0 Å². The first-order chi connectivity index (χ1) is 12.9. The van der Waals surface area contributed by atoms with E-state index >= 15 is 0 Å². The number of aromatic nitrogens is 2. The van der Waals surface area contributed by atoms with Crippen molar-refractivity contribution in [2.24, 2.45) is 0 Å². The lowest BCUT2D eigenvalue weighted by Crippen LogP contribution is -2.26. The minimum absolute atomic E-state index is 0.108. The average molecular weight is 387 g/mol. The molecule has 0 aliphatic carbocycles. The molecular formula is C19H21N3O4S. The van der Waals surface area contributed by atoms with Gasteiger partial charge in [0.1, 0.15) is 10.6 Å². The van der Waals surface area contributed by atoms with Gasteiger partial charge in [-0.05, 0) is 43.2 Å². The van der Waals surface area contributed by atoms with E-state index in [1.54, 1.807) is 18.2 Å². The van der Waals surface area contributed by atoms with Crippen molar-refractivity contribution in [2.45, 2.75) is 25.2 Å². The molecule has 3 aromatic rings. The molecule has 0 saturated carbocycles. The summed E-state index contributed by atoms with van der Waals surface area (Å²) in [5.41, 5.74) is 2.72. The van der Waals surface area contributed by atoms with E-state index in [-0.39, 0.29) is 17.9 Å². The molecule has 3 rings (SSSR count). The predicted octanol–water partition coefficient (Wildman–Crippen LogP) is 2.88. The molecule has 0 aliphatic heterocycles. The van der Waals surface area contributed by atoms with Gasteiger partial charge in [0.2, 0.25) is 21.8 Å². The molecule has 0 saturated heterocycles. The van der Waals surface area contributed by atoms with Crippen LogP contribution in [0.5, 0.6) is 5.75 Å². The number of hydrogen-bond acceptors (Lipinski definition) is 6. The Bertz CT molecular complexity index is 1040. The molecule has 27 heavy (non-hydrogen) atoms. The summed E-state index contributed by atoms with van der Waals surface area (Å²) in [5, 5.41) is 8.04. The third kappa shape index (κ3) is 4.35. The Hall–Kier alpha value is -2.71. The lowest BCUT2D eigenvalue weighted by atomic mass is 10.1. The van der Waals surface area contributed by atoms with Gasteiger partial charge in [0.15, 0.2) is 0 Å². The van der Waals surface area contributed by atoms with Crippen molar-refractivity contribution in [2.75, 3.05) is 13.7 Å². The van der Waals surface area contributed by atoms with Crippen LogP contribution in [0.3, 0.4) is 0 Å². The lowest BCUT2D eigenvalue weighted by molar-refractivity contribution is 0.402. The summed E-state index contributed by atoms with van der Waals surface area (Å²) >= 11 is 0. The largest absolute Gasteiger partial charge is 0.495 e. The zero-order valence-electron chi connectivity index (χ0n) is 15.4. The quantitative estimate of drug-likeness (QED) is 0.670. The van der Waals surface area contributed by atoms with Crippen LogP contribution in [0.2, 0.25) is 0 Å². The Morgan fingerprint density at radius 1 is 1.11 bits per heavy atom. The molecule has 0 radical (unpaired) electrons. The molecule has 0 aliphatic rings. The highest BCUT2D eigenvalue weighted by atomic mass is 32.2. The maximum Gasteiger partial charge on any atom is 0.247 e. The van der Waals surface area contributed by atoms with Crippen LogP contribution < -0.4 is 9.46 Å². The Morgan fingerprint density at radius 2 is 1.89 bits per heavy atom. The number of ether oxygens (including phenoxy) is 1. The molecule has 0 amide bonds. The van der Waals surface area contributed by atoms with E-state index in [0.29, 0.717) is 17.5 Å². The van der Waals surface area contributed by atoms with Gasteiger partial charge < -0.3 is 9.15 Å². The molecule has 1 N–H and O–H groups in total. The minimum atomic E-state index is -3.71. The Kier molecular flexibility index (Phi) is 5.57. The van der Waals surface area contributed by atoms with Crippen LogP contribution in [0.1, 0.15) is 17.0 Å². The van der Waals surface area contributed by atoms with Crippen LogP contribution in [0.4, 0.5) is 0 Å². The second-order valence-corrected chi connectivity index (χ2v) is 7.85. The maximum absolute atomic E-state index is 12.6. The predicted molar refractivity (Wildman–Crippen MR) is 101 cm³/mol. The zero-order valence-corrected chi connectivity index (χ0v) is 16.2. The number of methoxy groups -OCH3 is 1. The summed E-state index contributed by atoms with van der Waals surface area (Å²) < 4.78 is 38.5. The normalized spacial score (nSPS) is 11.5. The topological polar surface area (TPSA) is 94.3 Å². The molecule has 1 aromatic heterocycles. The average Bonchev–Trinajstić information content (AvgIpc) is 3.10. The van der Waals surface area contributed by atoms with Crippen molar-refractivity contribution in [3.05, 3.63) is 59.5 Å². The molecule has 0 unspecified atom stereocenters. The molecule has 142 valence electrons. The van der Waals surface area contributed by atoms with Gasteiger partial charge in [0.25, 0.3) is 0 Å². The number of nitrogens with zero attached hydrogens (tertiary/aromatic N) is 2. The van der Waals surface area contributed by atoms with Gasteiger partial charge in [-0.3, -0.25) is 0 Å². The number of benzene rings is 2. The van der Waals surface area contributed by atoms with Crippen LogP contribution >= 0.6 is 0 Å². The van der Waals surface area contributed by atoms with E-state index in [1.165, 1.54) is 7.11 Å². The Morgan fingerprint density at radius 3 is 2.63 bits per heavy atom. The van der Waals surface area contributed by atoms with Gasteiger partial charge in [0.05, 0.1) is 7.11 Å². The first-order valence-electron chi connectivity index (χ1n) is 8.43. The summed E-state index contributed by atoms with van der Waals surface area (Å²) in [6.45, 7) is 3.92. The van der Waals surface area contributed by atoms with E-state index in [1.807, 2.05) is 38.1 Å². The minimum Gasteiger partial charge on any atom is -0.495 e. The highest BCUT2D eigenvalue weighted by Crippen LogP contribution is 2.25. The van der Waals surface area contributed by atoms with Crippen LogP contribution in [-0.4, -0.2) is 32.3 Å². The van der Waals surface area contributed by atoms with E-state index in [0.717, 1.165) is 16.7 Å². The molecular weight excluding hydrogens is 366 g/mol. The van der Waals surface area contributed by atoms with Gasteiger partial charge in [-0.2, -0.15) is 0 Å². The number of aryl methyl sites for hydroxylation is 2. The van der Waals surface area contributed by atoms with Gasteiger partial charge in [-0.15, -0.1) is 10.2 Å². The Labute approximate surface area is 158 Å². The molecule has 0 spiro atoms. The molecule has 2 aromatic carbocycles. The zero-order chi connectivity index (χ0) is 19.4. The highest BCUT2D eigenvalue weighted by Gasteiger charge is 2.20. The smallest absolute Gasteiger partial charge is 0.247 e. The highest BCUT2D eigenvalue weighted by molar-refractivity contribution is 7.89. The maximum atomic E-state index is 12.6. The fraction of sp³-hybridized carbons (Fsp3) is 0.263. The monoisotopic (exact) mass is 387 g/mol. The van der Waals surface area contributed by atoms with Crippen molar-refractivity contribution in [1.82, 2.24) is 14.9 Å². The van der Waals surface area contributed by atoms with Gasteiger partial charge in [-0.25, -0.2) is 13.1 Å². The van der Waals surface area contributed by atoms with Crippen molar-refractivity contribution in [3.8, 4) is 17.2 Å². The summed E-state index contributed by atoms with van der Waals surface area (Å²) in [6.07, 6.45) is 0.284. The van der Waals surface area contributed by atoms with E-state index in [9.17, 15) is 8.42 Å². The van der Waals surface area contributed by atoms with Gasteiger partial charge in [0, 0.05) is 18.5 Å². The molecule has 0 fully saturated rings. The second-order valence-electron chi connectivity index (χ2n) is 6.12. The second kappa shape index (κ2) is 7.89. The number of hydrogen-bond donors (Lipinski definition) is 1. The van der Waals surface area contributed by atoms with Gasteiger partial charge >= 0.3 is 0 Å². The number of sulfonamides is 1. The first-order valence-corrected chi connectivity index (χ1v) is 9.92. The van der Waals surface area contributed by atoms with Crippen LogP contribution in [0.25, 0.3) is 11.5 Å². The Balaban J connectivity index is 1.68. The van der Waals surface area contributed by atoms with E-state index in [4.69, 9.17) is 9.15 Å². The van der Waals surface area contributed by atoms with Crippen molar-refractivity contribution >= 4 is 10.0 Å². The molecule has 1 heterocycles. The van der Waals surface area contributed by atoms with Crippen molar-refractivity contribution in [3.63, 3.8) is 0 Å². The third-order valence-electron chi connectivity index (χ3n) is 4.08. The van der Waals surface area contributed by atoms with Crippen LogP contribution in [0.15, 0.2) is 51.8 Å². The lowest BCUT2D eigenvalue weighted by Gasteiger charge is -2.11. The summed E-state index contributed by atoms with van der Waals surface area (Å²) in [7, 11) is -2.27. The summed E-state index contributed by atoms with van der Waals surface area (Å²) in [6, 6.07) is 12.7. The van der Waals surface area contributed by atoms with Crippen molar-refractivity contribution < 1.29 is 17.6 Å². The number of nitrogens with one attached hydrogen (secondary N) is 1. The third-order valence-corrected chi connectivity index (χ3v) is 5.56. The fourth-order valence-corrected chi connectivity index (χ4v) is 3.92. The van der Waals surface area contributed by atoms with E-state index in [2.05, 4.69) is 14.9 Å². The summed E-state index contributed by atoms with van der Waals surface area (Å²) in [4.78, 5) is 0.108. The number of rotatable bonds is 7. The van der Waals surface area contributed by atoms with Crippen LogP contribution in [0, 0.1) is 13.8 Å². The summed E-state index contributed by atoms with van der Waals surface area (Å²) in [5.74, 6) is 1.09.